The minimum Gasteiger partial charge on any atom is -0.497 e. The minimum atomic E-state index is -0.851. The van der Waals surface area contributed by atoms with E-state index in [2.05, 4.69) is 24.4 Å². The van der Waals surface area contributed by atoms with Crippen LogP contribution < -0.4 is 15.8 Å². The van der Waals surface area contributed by atoms with Crippen molar-refractivity contribution in [2.24, 2.45) is 11.1 Å². The second-order valence-electron chi connectivity index (χ2n) is 7.56. The highest BCUT2D eigenvalue weighted by atomic mass is 35.5. The van der Waals surface area contributed by atoms with Crippen molar-refractivity contribution in [2.45, 2.75) is 58.1 Å². The van der Waals surface area contributed by atoms with Crippen LogP contribution in [0.4, 0.5) is 0 Å². The Hall–Kier alpha value is -1.30. The van der Waals surface area contributed by atoms with Crippen molar-refractivity contribution in [1.29, 1.82) is 0 Å². The molecule has 3 N–H and O–H groups in total. The molecule has 1 aliphatic carbocycles. The van der Waals surface area contributed by atoms with Crippen molar-refractivity contribution < 1.29 is 14.3 Å². The smallest absolute Gasteiger partial charge is 0.240 e. The van der Waals surface area contributed by atoms with Crippen LogP contribution in [0.1, 0.15) is 52.0 Å². The Morgan fingerprint density at radius 1 is 1.35 bits per heavy atom. The van der Waals surface area contributed by atoms with Gasteiger partial charge in [-0.25, -0.2) is 0 Å². The van der Waals surface area contributed by atoms with Crippen LogP contribution in [0.25, 0.3) is 0 Å². The Morgan fingerprint density at radius 3 is 2.46 bits per heavy atom. The second kappa shape index (κ2) is 9.07. The monoisotopic (exact) mass is 384 g/mol. The molecule has 148 valence electrons. The summed E-state index contributed by atoms with van der Waals surface area (Å²) in [6.45, 7) is 9.40. The Morgan fingerprint density at radius 2 is 1.96 bits per heavy atom. The van der Waals surface area contributed by atoms with Crippen LogP contribution in [0.15, 0.2) is 24.3 Å². The van der Waals surface area contributed by atoms with E-state index >= 15 is 0 Å². The summed E-state index contributed by atoms with van der Waals surface area (Å²) in [4.78, 5) is 12.6. The highest BCUT2D eigenvalue weighted by molar-refractivity contribution is 5.88. The average Bonchev–Trinajstić information content (AvgIpc) is 2.61. The second-order valence-corrected chi connectivity index (χ2v) is 7.56. The van der Waals surface area contributed by atoms with Crippen molar-refractivity contribution in [3.8, 4) is 5.75 Å². The fraction of sp³-hybridized carbons (Fsp3) is 0.650. The normalized spacial score (nSPS) is 24.8. The molecule has 0 aromatic heterocycles. The number of hydrogen-bond acceptors (Lipinski definition) is 4. The number of hydrogen-bond donors (Lipinski definition) is 2. The SMILES string of the molecule is CCOC1CC(N)(C(=O)NCCC(C)c2ccc(OC)cc2)C1(C)C.Cl. The number of carbonyl (C=O) groups excluding carboxylic acids is 1. The van der Waals surface area contributed by atoms with Gasteiger partial charge in [0.15, 0.2) is 0 Å². The van der Waals surface area contributed by atoms with Crippen LogP contribution >= 0.6 is 12.4 Å². The number of carbonyl (C=O) groups is 1. The number of amides is 1. The van der Waals surface area contributed by atoms with Crippen LogP contribution in [0.5, 0.6) is 5.75 Å². The molecule has 0 heterocycles. The van der Waals surface area contributed by atoms with Gasteiger partial charge < -0.3 is 20.5 Å². The topological polar surface area (TPSA) is 73.6 Å². The minimum absolute atomic E-state index is 0. The zero-order valence-electron chi connectivity index (χ0n) is 16.5. The number of nitrogens with two attached hydrogens (primary N) is 1. The molecule has 1 amide bonds. The van der Waals surface area contributed by atoms with Crippen LogP contribution in [-0.2, 0) is 9.53 Å². The Balaban J connectivity index is 0.00000338. The maximum Gasteiger partial charge on any atom is 0.240 e. The van der Waals surface area contributed by atoms with Gasteiger partial charge in [0.2, 0.25) is 5.91 Å². The van der Waals surface area contributed by atoms with Gasteiger partial charge in [-0.2, -0.15) is 0 Å². The zero-order chi connectivity index (χ0) is 18.7. The summed E-state index contributed by atoms with van der Waals surface area (Å²) in [6, 6.07) is 8.06. The molecule has 0 saturated heterocycles. The van der Waals surface area contributed by atoms with Crippen LogP contribution in [-0.4, -0.2) is 37.8 Å². The molecule has 0 aliphatic heterocycles. The molecular weight excluding hydrogens is 352 g/mol. The number of rotatable bonds is 8. The van der Waals surface area contributed by atoms with E-state index in [0.717, 1.165) is 12.2 Å². The Labute approximate surface area is 163 Å². The first-order valence-corrected chi connectivity index (χ1v) is 9.09. The van der Waals surface area contributed by atoms with E-state index in [4.69, 9.17) is 15.2 Å². The standard InChI is InChI=1S/C20H32N2O3.ClH/c1-6-25-17-13-20(21,19(17,3)4)18(23)22-12-11-14(2)15-7-9-16(24-5)10-8-15;/h7-10,14,17H,6,11-13,21H2,1-5H3,(H,22,23);1H. The summed E-state index contributed by atoms with van der Waals surface area (Å²) in [7, 11) is 1.66. The largest absolute Gasteiger partial charge is 0.497 e. The van der Waals surface area contributed by atoms with E-state index in [-0.39, 0.29) is 29.8 Å². The summed E-state index contributed by atoms with van der Waals surface area (Å²) in [5.41, 5.74) is 6.43. The molecule has 0 radical (unpaired) electrons. The molecule has 1 aliphatic rings. The fourth-order valence-corrected chi connectivity index (χ4v) is 3.48. The van der Waals surface area contributed by atoms with Gasteiger partial charge in [-0.15, -0.1) is 12.4 Å². The third kappa shape index (κ3) is 4.33. The lowest BCUT2D eigenvalue weighted by molar-refractivity contribution is -0.170. The third-order valence-corrected chi connectivity index (χ3v) is 5.78. The van der Waals surface area contributed by atoms with E-state index in [9.17, 15) is 4.79 Å². The molecule has 3 atom stereocenters. The highest BCUT2D eigenvalue weighted by Gasteiger charge is 2.62. The molecular formula is C20H33ClN2O3. The van der Waals surface area contributed by atoms with Gasteiger partial charge in [-0.1, -0.05) is 32.9 Å². The van der Waals surface area contributed by atoms with E-state index in [1.165, 1.54) is 5.56 Å². The van der Waals surface area contributed by atoms with Crippen molar-refractivity contribution in [3.05, 3.63) is 29.8 Å². The highest BCUT2D eigenvalue weighted by Crippen LogP contribution is 2.49. The molecule has 5 nitrogen and oxygen atoms in total. The van der Waals surface area contributed by atoms with Crippen molar-refractivity contribution in [1.82, 2.24) is 5.32 Å². The van der Waals surface area contributed by atoms with Gasteiger partial charge in [0.25, 0.3) is 0 Å². The maximum atomic E-state index is 12.6. The van der Waals surface area contributed by atoms with E-state index < -0.39 is 5.54 Å². The fourth-order valence-electron chi connectivity index (χ4n) is 3.48. The van der Waals surface area contributed by atoms with Gasteiger partial charge in [0, 0.05) is 25.0 Å². The number of methoxy groups -OCH3 is 1. The van der Waals surface area contributed by atoms with Gasteiger partial charge in [0.05, 0.1) is 13.2 Å². The lowest BCUT2D eigenvalue weighted by Gasteiger charge is -2.57. The number of ether oxygens (including phenoxy) is 2. The number of benzene rings is 1. The number of halogens is 1. The number of nitrogens with one attached hydrogen (secondary N) is 1. The first-order valence-electron chi connectivity index (χ1n) is 9.09. The van der Waals surface area contributed by atoms with Crippen molar-refractivity contribution in [2.75, 3.05) is 20.3 Å². The predicted octanol–water partition coefficient (Wildman–Crippen LogP) is 3.26. The lowest BCUT2D eigenvalue weighted by Crippen LogP contribution is -2.75. The molecule has 6 heteroatoms. The van der Waals surface area contributed by atoms with Gasteiger partial charge in [0.1, 0.15) is 11.3 Å². The third-order valence-electron chi connectivity index (χ3n) is 5.78. The molecule has 0 bridgehead atoms. The van der Waals surface area contributed by atoms with Gasteiger partial charge in [-0.3, -0.25) is 4.79 Å². The summed E-state index contributed by atoms with van der Waals surface area (Å²) in [5, 5.41) is 3.02. The van der Waals surface area contributed by atoms with Gasteiger partial charge >= 0.3 is 0 Å². The zero-order valence-corrected chi connectivity index (χ0v) is 17.3. The summed E-state index contributed by atoms with van der Waals surface area (Å²) in [5.74, 6) is 1.13. The predicted molar refractivity (Wildman–Crippen MR) is 107 cm³/mol. The van der Waals surface area contributed by atoms with Crippen LogP contribution in [0.3, 0.4) is 0 Å². The van der Waals surface area contributed by atoms with E-state index in [1.807, 2.05) is 32.9 Å². The Kier molecular flexibility index (Phi) is 7.93. The first-order chi connectivity index (χ1) is 11.8. The Bertz CT molecular complexity index is 591. The molecule has 1 fully saturated rings. The van der Waals surface area contributed by atoms with Gasteiger partial charge in [-0.05, 0) is 37.0 Å². The molecule has 1 aromatic rings. The summed E-state index contributed by atoms with van der Waals surface area (Å²) in [6.07, 6.45) is 1.49. The summed E-state index contributed by atoms with van der Waals surface area (Å²) >= 11 is 0. The molecule has 0 spiro atoms. The first kappa shape index (κ1) is 22.7. The molecule has 2 rings (SSSR count). The maximum absolute atomic E-state index is 12.6. The average molecular weight is 385 g/mol. The summed E-state index contributed by atoms with van der Waals surface area (Å²) < 4.78 is 10.9. The molecule has 1 aromatic carbocycles. The van der Waals surface area contributed by atoms with E-state index in [1.54, 1.807) is 7.11 Å². The molecule has 3 unspecified atom stereocenters. The van der Waals surface area contributed by atoms with Crippen molar-refractivity contribution >= 4 is 18.3 Å². The lowest BCUT2D eigenvalue weighted by atomic mass is 9.54. The quantitative estimate of drug-likeness (QED) is 0.721. The molecule has 1 saturated carbocycles. The van der Waals surface area contributed by atoms with Crippen LogP contribution in [0, 0.1) is 5.41 Å². The van der Waals surface area contributed by atoms with Crippen LogP contribution in [0.2, 0.25) is 0 Å². The molecule has 26 heavy (non-hydrogen) atoms. The van der Waals surface area contributed by atoms with Crippen molar-refractivity contribution in [3.63, 3.8) is 0 Å². The van der Waals surface area contributed by atoms with E-state index in [0.29, 0.717) is 25.5 Å².